The smallest absolute Gasteiger partial charge is 0.404 e. The van der Waals surface area contributed by atoms with E-state index in [1.165, 1.54) is 18.2 Å². The van der Waals surface area contributed by atoms with Crippen molar-refractivity contribution < 1.29 is 18.5 Å². The molecule has 0 radical (unpaired) electrons. The molecule has 1 atom stereocenters. The maximum atomic E-state index is 13.1. The monoisotopic (exact) mass is 270 g/mol. The number of carbonyl (C=O) groups excluding carboxylic acids is 1. The number of hydrogen-bond acceptors (Lipinski definition) is 3. The van der Waals surface area contributed by atoms with E-state index in [0.29, 0.717) is 18.4 Å². The van der Waals surface area contributed by atoms with E-state index in [1.807, 2.05) is 30.3 Å². The number of carbonyl (C=O) groups is 1. The number of halogens is 1. The largest absolute Gasteiger partial charge is 0.495 e. The molecule has 0 spiro atoms. The van der Waals surface area contributed by atoms with Gasteiger partial charge < -0.3 is 9.31 Å². The van der Waals surface area contributed by atoms with E-state index in [9.17, 15) is 9.18 Å². The van der Waals surface area contributed by atoms with Gasteiger partial charge in [-0.15, -0.1) is 0 Å². The highest BCUT2D eigenvalue weighted by molar-refractivity contribution is 6.63. The van der Waals surface area contributed by atoms with Crippen molar-refractivity contribution in [2.24, 2.45) is 0 Å². The van der Waals surface area contributed by atoms with Gasteiger partial charge in [-0.25, -0.2) is 4.39 Å². The molecule has 0 N–H and O–H groups in total. The Morgan fingerprint density at radius 3 is 2.75 bits per heavy atom. The quantitative estimate of drug-likeness (QED) is 0.633. The maximum Gasteiger partial charge on any atom is 0.495 e. The summed E-state index contributed by atoms with van der Waals surface area (Å²) in [7, 11) is -0.638. The van der Waals surface area contributed by atoms with Gasteiger partial charge in [-0.3, -0.25) is 4.79 Å². The summed E-state index contributed by atoms with van der Waals surface area (Å²) in [6.45, 7) is 0.407. The number of aldehydes is 1. The van der Waals surface area contributed by atoms with E-state index in [-0.39, 0.29) is 11.7 Å². The number of benzene rings is 2. The van der Waals surface area contributed by atoms with Gasteiger partial charge in [-0.1, -0.05) is 36.4 Å². The van der Waals surface area contributed by atoms with Crippen molar-refractivity contribution in [3.63, 3.8) is 0 Å². The minimum absolute atomic E-state index is 0.175. The Morgan fingerprint density at radius 1 is 1.20 bits per heavy atom. The van der Waals surface area contributed by atoms with Gasteiger partial charge in [0.25, 0.3) is 0 Å². The highest BCUT2D eigenvalue weighted by Crippen LogP contribution is 2.24. The van der Waals surface area contributed by atoms with E-state index < -0.39 is 12.9 Å². The average molecular weight is 270 g/mol. The first-order chi connectivity index (χ1) is 9.78. The summed E-state index contributed by atoms with van der Waals surface area (Å²) in [5.41, 5.74) is 1.83. The van der Waals surface area contributed by atoms with Crippen LogP contribution in [0.5, 0.6) is 0 Å². The summed E-state index contributed by atoms with van der Waals surface area (Å²) in [5.74, 6) is -0.451. The van der Waals surface area contributed by atoms with Crippen molar-refractivity contribution in [2.75, 3.05) is 6.61 Å². The van der Waals surface area contributed by atoms with Crippen molar-refractivity contribution in [1.82, 2.24) is 0 Å². The molecule has 1 heterocycles. The predicted octanol–water partition coefficient (Wildman–Crippen LogP) is 2.12. The van der Waals surface area contributed by atoms with E-state index in [2.05, 4.69) is 0 Å². The van der Waals surface area contributed by atoms with Crippen molar-refractivity contribution in [3.05, 3.63) is 65.5 Å². The summed E-state index contributed by atoms with van der Waals surface area (Å²) >= 11 is 0. The Morgan fingerprint density at radius 2 is 2.00 bits per heavy atom. The molecule has 1 unspecified atom stereocenters. The first-order valence-electron chi connectivity index (χ1n) is 6.34. The van der Waals surface area contributed by atoms with Crippen LogP contribution in [0.1, 0.15) is 22.0 Å². The van der Waals surface area contributed by atoms with Gasteiger partial charge in [0.05, 0.1) is 12.7 Å². The van der Waals surface area contributed by atoms with Gasteiger partial charge >= 0.3 is 7.12 Å². The molecule has 2 aromatic rings. The predicted molar refractivity (Wildman–Crippen MR) is 73.4 cm³/mol. The summed E-state index contributed by atoms with van der Waals surface area (Å²) in [5, 5.41) is 0. The zero-order valence-electron chi connectivity index (χ0n) is 10.7. The van der Waals surface area contributed by atoms with Crippen molar-refractivity contribution in [3.8, 4) is 0 Å². The second-order valence-electron chi connectivity index (χ2n) is 4.59. The lowest BCUT2D eigenvalue weighted by atomic mass is 9.76. The molecule has 20 heavy (non-hydrogen) atoms. The third kappa shape index (κ3) is 2.50. The second-order valence-corrected chi connectivity index (χ2v) is 4.59. The van der Waals surface area contributed by atoms with Gasteiger partial charge in [0.1, 0.15) is 12.1 Å². The van der Waals surface area contributed by atoms with Crippen LogP contribution >= 0.6 is 0 Å². The first-order valence-corrected chi connectivity index (χ1v) is 6.34. The molecule has 5 heteroatoms. The Bertz CT molecular complexity index is 618. The van der Waals surface area contributed by atoms with E-state index in [0.717, 1.165) is 5.56 Å². The van der Waals surface area contributed by atoms with E-state index >= 15 is 0 Å². The zero-order valence-corrected chi connectivity index (χ0v) is 10.7. The van der Waals surface area contributed by atoms with E-state index in [1.54, 1.807) is 0 Å². The maximum absolute atomic E-state index is 13.1. The van der Waals surface area contributed by atoms with Crippen LogP contribution in [0, 0.1) is 5.82 Å². The molecule has 1 fully saturated rings. The molecule has 0 aliphatic carbocycles. The highest BCUT2D eigenvalue weighted by atomic mass is 19.1. The Labute approximate surface area is 116 Å². The first kappa shape index (κ1) is 13.0. The number of rotatable bonds is 3. The van der Waals surface area contributed by atoms with Crippen LogP contribution in [-0.4, -0.2) is 20.0 Å². The summed E-state index contributed by atoms with van der Waals surface area (Å²) < 4.78 is 24.5. The van der Waals surface area contributed by atoms with Crippen molar-refractivity contribution in [1.29, 1.82) is 0 Å². The molecule has 0 amide bonds. The van der Waals surface area contributed by atoms with Gasteiger partial charge in [0, 0.05) is 5.56 Å². The van der Waals surface area contributed by atoms with Crippen LogP contribution in [0.4, 0.5) is 4.39 Å². The van der Waals surface area contributed by atoms with Crippen molar-refractivity contribution in [2.45, 2.75) is 6.10 Å². The van der Waals surface area contributed by atoms with Gasteiger partial charge in [0.15, 0.2) is 0 Å². The lowest BCUT2D eigenvalue weighted by Gasteiger charge is -2.10. The molecule has 2 aromatic carbocycles. The van der Waals surface area contributed by atoms with Crippen LogP contribution in [0.15, 0.2) is 48.5 Å². The minimum atomic E-state index is -0.638. The van der Waals surface area contributed by atoms with Crippen LogP contribution in [0.2, 0.25) is 0 Å². The Hall–Kier alpha value is -1.98. The third-order valence-corrected chi connectivity index (χ3v) is 3.29. The molecule has 0 bridgehead atoms. The molecule has 1 aliphatic rings. The molecular formula is C15H12BFO3. The molecule has 1 aliphatic heterocycles. The van der Waals surface area contributed by atoms with Crippen LogP contribution < -0.4 is 5.46 Å². The summed E-state index contributed by atoms with van der Waals surface area (Å²) in [6.07, 6.45) is 0.437. The molecule has 100 valence electrons. The fraction of sp³-hybridized carbons (Fsp3) is 0.133. The average Bonchev–Trinajstić information content (AvgIpc) is 2.97. The molecule has 0 aromatic heterocycles. The van der Waals surface area contributed by atoms with Crippen LogP contribution in [0.25, 0.3) is 0 Å². The van der Waals surface area contributed by atoms with Crippen molar-refractivity contribution >= 4 is 18.9 Å². The standard InChI is InChI=1S/C15H12BFO3/c17-13-6-7-14(12(8-13)9-18)16-19-10-15(20-16)11-4-2-1-3-5-11/h1-9,15H,10H2. The van der Waals surface area contributed by atoms with E-state index in [4.69, 9.17) is 9.31 Å². The normalized spacial score (nSPS) is 18.2. The molecular weight excluding hydrogens is 258 g/mol. The highest BCUT2D eigenvalue weighted by Gasteiger charge is 2.35. The lowest BCUT2D eigenvalue weighted by molar-refractivity contribution is 0.112. The van der Waals surface area contributed by atoms with Crippen LogP contribution in [-0.2, 0) is 9.31 Å². The fourth-order valence-corrected chi connectivity index (χ4v) is 2.27. The van der Waals surface area contributed by atoms with Crippen LogP contribution in [0.3, 0.4) is 0 Å². The summed E-state index contributed by atoms with van der Waals surface area (Å²) in [6, 6.07) is 13.7. The fourth-order valence-electron chi connectivity index (χ4n) is 2.27. The van der Waals surface area contributed by atoms with Gasteiger partial charge in [-0.2, -0.15) is 0 Å². The van der Waals surface area contributed by atoms with Gasteiger partial charge in [-0.05, 0) is 23.2 Å². The Kier molecular flexibility index (Phi) is 3.63. The Balaban J connectivity index is 1.82. The van der Waals surface area contributed by atoms with Gasteiger partial charge in [0.2, 0.25) is 0 Å². The SMILES string of the molecule is O=Cc1cc(F)ccc1B1OCC(c2ccccc2)O1. The lowest BCUT2D eigenvalue weighted by Crippen LogP contribution is -2.34. The molecule has 3 nitrogen and oxygen atoms in total. The molecule has 3 rings (SSSR count). The topological polar surface area (TPSA) is 35.5 Å². The second kappa shape index (κ2) is 5.57. The number of hydrogen-bond donors (Lipinski definition) is 0. The summed E-state index contributed by atoms with van der Waals surface area (Å²) in [4.78, 5) is 11.0. The molecule has 1 saturated heterocycles. The molecule has 0 saturated carbocycles. The third-order valence-electron chi connectivity index (χ3n) is 3.29. The minimum Gasteiger partial charge on any atom is -0.404 e. The zero-order chi connectivity index (χ0) is 13.9.